The maximum absolute atomic E-state index is 10.6. The highest BCUT2D eigenvalue weighted by Gasteiger charge is 2.23. The monoisotopic (exact) mass is 274 g/mol. The molecule has 0 bridgehead atoms. The molecule has 1 aliphatic rings. The molecule has 1 fully saturated rings. The van der Waals surface area contributed by atoms with Gasteiger partial charge in [-0.3, -0.25) is 9.69 Å². The van der Waals surface area contributed by atoms with Gasteiger partial charge in [-0.15, -0.1) is 0 Å². The average Bonchev–Trinajstić information content (AvgIpc) is 2.86. The summed E-state index contributed by atoms with van der Waals surface area (Å²) in [5.74, 6) is 0.304. The van der Waals surface area contributed by atoms with Gasteiger partial charge in [0.05, 0.1) is 11.6 Å². The van der Waals surface area contributed by atoms with Crippen molar-refractivity contribution in [2.75, 3.05) is 26.2 Å². The molecule has 0 radical (unpaired) electrons. The summed E-state index contributed by atoms with van der Waals surface area (Å²) in [5, 5.41) is 17.5. The molecule has 1 aromatic rings. The number of ether oxygens (including phenoxy) is 1. The molecule has 0 amide bonds. The molecule has 2 rings (SSSR count). The molecule has 5 nitrogen and oxygen atoms in total. The number of carboxylic acid groups (broad SMARTS) is 1. The Morgan fingerprint density at radius 3 is 2.85 bits per heavy atom. The van der Waals surface area contributed by atoms with E-state index in [0.29, 0.717) is 12.2 Å². The molecule has 0 saturated carbocycles. The van der Waals surface area contributed by atoms with E-state index in [2.05, 4.69) is 11.0 Å². The van der Waals surface area contributed by atoms with Crippen molar-refractivity contribution >= 4 is 5.97 Å². The zero-order valence-electron chi connectivity index (χ0n) is 11.3. The Hall–Kier alpha value is -2.06. The highest BCUT2D eigenvalue weighted by atomic mass is 16.5. The van der Waals surface area contributed by atoms with Crippen LogP contribution in [-0.4, -0.2) is 42.2 Å². The fourth-order valence-corrected chi connectivity index (χ4v) is 2.45. The summed E-state index contributed by atoms with van der Waals surface area (Å²) in [6.07, 6.45) is 1.20. The molecular formula is C15H18N2O3. The molecule has 0 aromatic heterocycles. The Labute approximate surface area is 118 Å². The molecule has 1 saturated heterocycles. The third-order valence-corrected chi connectivity index (χ3v) is 3.49. The molecule has 0 spiro atoms. The number of carboxylic acids is 1. The van der Waals surface area contributed by atoms with Crippen LogP contribution in [0.4, 0.5) is 0 Å². The van der Waals surface area contributed by atoms with Crippen molar-refractivity contribution in [1.29, 1.82) is 5.26 Å². The van der Waals surface area contributed by atoms with E-state index in [1.165, 1.54) is 0 Å². The van der Waals surface area contributed by atoms with Crippen LogP contribution in [-0.2, 0) is 4.79 Å². The number of nitrogens with zero attached hydrogens (tertiary/aromatic N) is 2. The number of carbonyl (C=O) groups is 1. The first kappa shape index (κ1) is 14.4. The molecule has 1 N–H and O–H groups in total. The summed E-state index contributed by atoms with van der Waals surface area (Å²) in [6.45, 7) is 3.15. The first-order valence-electron chi connectivity index (χ1n) is 6.74. The predicted octanol–water partition coefficient (Wildman–Crippen LogP) is 1.73. The van der Waals surface area contributed by atoms with E-state index in [0.717, 1.165) is 31.8 Å². The lowest BCUT2D eigenvalue weighted by molar-refractivity contribution is -0.138. The van der Waals surface area contributed by atoms with E-state index in [-0.39, 0.29) is 12.3 Å². The van der Waals surface area contributed by atoms with E-state index in [1.54, 1.807) is 24.3 Å². The number of aliphatic carboxylic acids is 1. The van der Waals surface area contributed by atoms with Gasteiger partial charge >= 0.3 is 5.97 Å². The topological polar surface area (TPSA) is 73.6 Å². The lowest BCUT2D eigenvalue weighted by atomic mass is 10.1. The zero-order valence-corrected chi connectivity index (χ0v) is 11.3. The van der Waals surface area contributed by atoms with Crippen molar-refractivity contribution in [3.63, 3.8) is 0 Å². The SMILES string of the molecule is N#Cc1ccc(OCCN2CCC(CC(=O)O)C2)cc1. The van der Waals surface area contributed by atoms with Crippen LogP contribution in [0.2, 0.25) is 0 Å². The van der Waals surface area contributed by atoms with E-state index in [4.69, 9.17) is 15.1 Å². The lowest BCUT2D eigenvalue weighted by Crippen LogP contribution is -2.26. The van der Waals surface area contributed by atoms with Gasteiger partial charge in [-0.1, -0.05) is 0 Å². The molecule has 106 valence electrons. The minimum atomic E-state index is -0.717. The molecule has 1 heterocycles. The Morgan fingerprint density at radius 2 is 2.20 bits per heavy atom. The number of nitriles is 1. The van der Waals surface area contributed by atoms with Crippen molar-refractivity contribution in [3.05, 3.63) is 29.8 Å². The fraction of sp³-hybridized carbons (Fsp3) is 0.467. The maximum atomic E-state index is 10.6. The Bertz CT molecular complexity index is 493. The van der Waals surface area contributed by atoms with Gasteiger partial charge in [0.1, 0.15) is 12.4 Å². The van der Waals surface area contributed by atoms with Gasteiger partial charge in [0.2, 0.25) is 0 Å². The minimum Gasteiger partial charge on any atom is -0.492 e. The van der Waals surface area contributed by atoms with E-state index in [9.17, 15) is 4.79 Å². The second kappa shape index (κ2) is 6.92. The molecule has 0 aliphatic carbocycles. The van der Waals surface area contributed by atoms with Crippen LogP contribution in [0.25, 0.3) is 0 Å². The molecule has 1 atom stereocenters. The van der Waals surface area contributed by atoms with Gasteiger partial charge in [0, 0.05) is 19.5 Å². The number of likely N-dealkylation sites (tertiary alicyclic amines) is 1. The summed E-state index contributed by atoms with van der Waals surface area (Å²) in [5.41, 5.74) is 0.619. The highest BCUT2D eigenvalue weighted by molar-refractivity contribution is 5.67. The number of rotatable bonds is 6. The quantitative estimate of drug-likeness (QED) is 0.855. The van der Waals surface area contributed by atoms with Crippen LogP contribution in [0.15, 0.2) is 24.3 Å². The van der Waals surface area contributed by atoms with Crippen LogP contribution in [0, 0.1) is 17.2 Å². The minimum absolute atomic E-state index is 0.257. The van der Waals surface area contributed by atoms with E-state index < -0.39 is 5.97 Å². The maximum Gasteiger partial charge on any atom is 0.303 e. The van der Waals surface area contributed by atoms with Crippen molar-refractivity contribution in [3.8, 4) is 11.8 Å². The third kappa shape index (κ3) is 4.25. The van der Waals surface area contributed by atoms with Gasteiger partial charge < -0.3 is 9.84 Å². The Morgan fingerprint density at radius 1 is 1.45 bits per heavy atom. The second-order valence-corrected chi connectivity index (χ2v) is 5.04. The van der Waals surface area contributed by atoms with Crippen LogP contribution in [0.3, 0.4) is 0 Å². The summed E-state index contributed by atoms with van der Waals surface area (Å²) in [4.78, 5) is 12.9. The van der Waals surface area contributed by atoms with Crippen LogP contribution < -0.4 is 4.74 Å². The molecule has 1 unspecified atom stereocenters. The highest BCUT2D eigenvalue weighted by Crippen LogP contribution is 2.19. The van der Waals surface area contributed by atoms with Gasteiger partial charge in [-0.05, 0) is 43.1 Å². The number of hydrogen-bond acceptors (Lipinski definition) is 4. The van der Waals surface area contributed by atoms with Crippen LogP contribution in [0.5, 0.6) is 5.75 Å². The summed E-state index contributed by atoms with van der Waals surface area (Å²) in [7, 11) is 0. The van der Waals surface area contributed by atoms with Crippen molar-refractivity contribution in [1.82, 2.24) is 4.90 Å². The standard InChI is InChI=1S/C15H18N2O3/c16-10-12-1-3-14(4-2-12)20-8-7-17-6-5-13(11-17)9-15(18)19/h1-4,13H,5-9,11H2,(H,18,19). The number of benzene rings is 1. The molecule has 1 aromatic carbocycles. The summed E-state index contributed by atoms with van der Waals surface area (Å²) < 4.78 is 5.62. The number of hydrogen-bond donors (Lipinski definition) is 1. The Kier molecular flexibility index (Phi) is 4.97. The summed E-state index contributed by atoms with van der Waals surface area (Å²) >= 11 is 0. The van der Waals surface area contributed by atoms with Gasteiger partial charge in [0.15, 0.2) is 0 Å². The third-order valence-electron chi connectivity index (χ3n) is 3.49. The normalized spacial score (nSPS) is 18.6. The van der Waals surface area contributed by atoms with Gasteiger partial charge in [-0.25, -0.2) is 0 Å². The molecule has 5 heteroatoms. The fourth-order valence-electron chi connectivity index (χ4n) is 2.45. The first-order chi connectivity index (χ1) is 9.67. The first-order valence-corrected chi connectivity index (χ1v) is 6.74. The van der Waals surface area contributed by atoms with Crippen LogP contribution >= 0.6 is 0 Å². The average molecular weight is 274 g/mol. The summed E-state index contributed by atoms with van der Waals surface area (Å²) in [6, 6.07) is 9.10. The largest absolute Gasteiger partial charge is 0.492 e. The van der Waals surface area contributed by atoms with Gasteiger partial charge in [0.25, 0.3) is 0 Å². The van der Waals surface area contributed by atoms with Crippen molar-refractivity contribution in [2.24, 2.45) is 5.92 Å². The van der Waals surface area contributed by atoms with E-state index >= 15 is 0 Å². The van der Waals surface area contributed by atoms with Crippen LogP contribution in [0.1, 0.15) is 18.4 Å². The van der Waals surface area contributed by atoms with Crippen molar-refractivity contribution in [2.45, 2.75) is 12.8 Å². The zero-order chi connectivity index (χ0) is 14.4. The van der Waals surface area contributed by atoms with E-state index in [1.807, 2.05) is 0 Å². The van der Waals surface area contributed by atoms with Gasteiger partial charge in [-0.2, -0.15) is 5.26 Å². The molecular weight excluding hydrogens is 256 g/mol. The van der Waals surface area contributed by atoms with Crippen molar-refractivity contribution < 1.29 is 14.6 Å². The molecule has 20 heavy (non-hydrogen) atoms. The molecule has 1 aliphatic heterocycles. The smallest absolute Gasteiger partial charge is 0.303 e. The second-order valence-electron chi connectivity index (χ2n) is 5.04. The lowest BCUT2D eigenvalue weighted by Gasteiger charge is -2.16. The predicted molar refractivity (Wildman–Crippen MR) is 73.5 cm³/mol. The Balaban J connectivity index is 1.68.